The molecule has 5 heteroatoms. The summed E-state index contributed by atoms with van der Waals surface area (Å²) >= 11 is 0. The third kappa shape index (κ3) is 1.88. The zero-order valence-corrected chi connectivity index (χ0v) is 10.1. The van der Waals surface area contributed by atoms with Crippen molar-refractivity contribution in [2.45, 2.75) is 25.0 Å². The van der Waals surface area contributed by atoms with E-state index in [-0.39, 0.29) is 6.10 Å². The van der Waals surface area contributed by atoms with Gasteiger partial charge in [0.1, 0.15) is 0 Å². The maximum absolute atomic E-state index is 12.8. The standard InChI is InChI=1S/C13H16FN3O/c1-2-5-18-12-9-3-4-11(12)17(8-9)13-15-6-10(14)7-16-13/h2,6-7,9,11-12H,1,3-5,8H2/t9-,11+,12-/m0/s1. The van der Waals surface area contributed by atoms with E-state index in [2.05, 4.69) is 21.4 Å². The SMILES string of the molecule is C=CCO[C@H]1[C@H]2CC[C@H]1N(c1ncc(F)cn1)C2. The Morgan fingerprint density at radius 2 is 2.22 bits per heavy atom. The molecule has 2 aliphatic rings. The summed E-state index contributed by atoms with van der Waals surface area (Å²) in [6, 6.07) is 0.320. The molecule has 1 saturated carbocycles. The molecule has 0 aromatic carbocycles. The zero-order chi connectivity index (χ0) is 12.5. The van der Waals surface area contributed by atoms with E-state index in [9.17, 15) is 4.39 Å². The van der Waals surface area contributed by atoms with Gasteiger partial charge in [-0.15, -0.1) is 6.58 Å². The third-order valence-electron chi connectivity index (χ3n) is 3.78. The molecule has 0 N–H and O–H groups in total. The molecule has 3 atom stereocenters. The van der Waals surface area contributed by atoms with Crippen LogP contribution in [0.1, 0.15) is 12.8 Å². The molecular weight excluding hydrogens is 233 g/mol. The third-order valence-corrected chi connectivity index (χ3v) is 3.78. The van der Waals surface area contributed by atoms with Crippen LogP contribution in [-0.4, -0.2) is 35.3 Å². The molecule has 0 amide bonds. The van der Waals surface area contributed by atoms with Crippen LogP contribution in [0.15, 0.2) is 25.0 Å². The minimum absolute atomic E-state index is 0.233. The predicted molar refractivity (Wildman–Crippen MR) is 65.8 cm³/mol. The number of ether oxygens (including phenoxy) is 1. The van der Waals surface area contributed by atoms with Gasteiger partial charge >= 0.3 is 0 Å². The van der Waals surface area contributed by atoms with Crippen molar-refractivity contribution in [3.05, 3.63) is 30.9 Å². The number of anilines is 1. The summed E-state index contributed by atoms with van der Waals surface area (Å²) in [4.78, 5) is 10.3. The van der Waals surface area contributed by atoms with Gasteiger partial charge in [-0.05, 0) is 12.8 Å². The van der Waals surface area contributed by atoms with Gasteiger partial charge in [0.2, 0.25) is 5.95 Å². The Labute approximate surface area is 105 Å². The predicted octanol–water partition coefficient (Wildman–Crippen LogP) is 1.79. The molecule has 3 rings (SSSR count). The van der Waals surface area contributed by atoms with E-state index in [0.717, 1.165) is 13.0 Å². The number of rotatable bonds is 4. The number of hydrogen-bond acceptors (Lipinski definition) is 4. The van der Waals surface area contributed by atoms with Crippen LogP contribution in [-0.2, 0) is 4.74 Å². The molecule has 1 aromatic rings. The van der Waals surface area contributed by atoms with Crippen LogP contribution in [0, 0.1) is 11.7 Å². The van der Waals surface area contributed by atoms with E-state index in [4.69, 9.17) is 4.74 Å². The number of aromatic nitrogens is 2. The van der Waals surface area contributed by atoms with Gasteiger partial charge in [0, 0.05) is 12.5 Å². The molecule has 0 unspecified atom stereocenters. The molecule has 1 aliphatic carbocycles. The minimum atomic E-state index is -0.400. The lowest BCUT2D eigenvalue weighted by molar-refractivity contribution is 0.0588. The number of piperidine rings is 1. The van der Waals surface area contributed by atoms with Crippen LogP contribution >= 0.6 is 0 Å². The quantitative estimate of drug-likeness (QED) is 0.762. The first-order valence-corrected chi connectivity index (χ1v) is 6.26. The Balaban J connectivity index is 1.76. The molecule has 2 fully saturated rings. The van der Waals surface area contributed by atoms with Gasteiger partial charge in [0.15, 0.2) is 5.82 Å². The molecule has 4 nitrogen and oxygen atoms in total. The first-order valence-electron chi connectivity index (χ1n) is 6.26. The summed E-state index contributed by atoms with van der Waals surface area (Å²) in [6.07, 6.45) is 6.71. The zero-order valence-electron chi connectivity index (χ0n) is 10.1. The Hall–Kier alpha value is -1.49. The van der Waals surface area contributed by atoms with Gasteiger partial charge in [-0.1, -0.05) is 6.08 Å². The summed E-state index contributed by atoms with van der Waals surface area (Å²) in [5.74, 6) is 0.738. The topological polar surface area (TPSA) is 38.2 Å². The molecule has 18 heavy (non-hydrogen) atoms. The van der Waals surface area contributed by atoms with E-state index in [1.165, 1.54) is 18.8 Å². The van der Waals surface area contributed by atoms with Crippen molar-refractivity contribution >= 4 is 5.95 Å². The number of hydrogen-bond donors (Lipinski definition) is 0. The molecule has 0 spiro atoms. The largest absolute Gasteiger partial charge is 0.372 e. The highest BCUT2D eigenvalue weighted by atomic mass is 19.1. The first kappa shape index (κ1) is 11.6. The molecule has 1 aliphatic heterocycles. The van der Waals surface area contributed by atoms with Crippen LogP contribution in [0.2, 0.25) is 0 Å². The Bertz CT molecular complexity index is 436. The van der Waals surface area contributed by atoms with Gasteiger partial charge in [-0.25, -0.2) is 14.4 Å². The van der Waals surface area contributed by atoms with Crippen molar-refractivity contribution in [3.8, 4) is 0 Å². The molecule has 2 bridgehead atoms. The number of nitrogens with zero attached hydrogens (tertiary/aromatic N) is 3. The van der Waals surface area contributed by atoms with Crippen LogP contribution in [0.4, 0.5) is 10.3 Å². The highest BCUT2D eigenvalue weighted by Gasteiger charge is 2.48. The Morgan fingerprint density at radius 3 is 2.94 bits per heavy atom. The summed E-state index contributed by atoms with van der Waals surface area (Å²) in [5.41, 5.74) is 0. The smallest absolute Gasteiger partial charge is 0.225 e. The van der Waals surface area contributed by atoms with Crippen molar-refractivity contribution in [2.24, 2.45) is 5.92 Å². The second-order valence-electron chi connectivity index (χ2n) is 4.85. The van der Waals surface area contributed by atoms with Crippen molar-refractivity contribution in [1.29, 1.82) is 0 Å². The lowest BCUT2D eigenvalue weighted by Crippen LogP contribution is -2.36. The molecule has 1 saturated heterocycles. The second-order valence-corrected chi connectivity index (χ2v) is 4.85. The fourth-order valence-corrected chi connectivity index (χ4v) is 3.05. The van der Waals surface area contributed by atoms with Crippen molar-refractivity contribution in [2.75, 3.05) is 18.1 Å². The van der Waals surface area contributed by atoms with Crippen molar-refractivity contribution in [3.63, 3.8) is 0 Å². The molecule has 2 heterocycles. The lowest BCUT2D eigenvalue weighted by Gasteiger charge is -2.26. The second kappa shape index (κ2) is 4.65. The van der Waals surface area contributed by atoms with E-state index >= 15 is 0 Å². The number of fused-ring (bicyclic) bond motifs is 2. The molecule has 1 aromatic heterocycles. The molecule has 0 radical (unpaired) electrons. The summed E-state index contributed by atoms with van der Waals surface area (Å²) in [6.45, 7) is 5.15. The van der Waals surface area contributed by atoms with Crippen LogP contribution in [0.5, 0.6) is 0 Å². The van der Waals surface area contributed by atoms with E-state index < -0.39 is 5.82 Å². The maximum Gasteiger partial charge on any atom is 0.225 e. The molecular formula is C13H16FN3O. The fraction of sp³-hybridized carbons (Fsp3) is 0.538. The van der Waals surface area contributed by atoms with Crippen molar-refractivity contribution < 1.29 is 9.13 Å². The average Bonchev–Trinajstić information content (AvgIpc) is 2.94. The van der Waals surface area contributed by atoms with Gasteiger partial charge in [-0.3, -0.25) is 0 Å². The van der Waals surface area contributed by atoms with E-state index in [0.29, 0.717) is 24.5 Å². The van der Waals surface area contributed by atoms with Crippen molar-refractivity contribution in [1.82, 2.24) is 9.97 Å². The van der Waals surface area contributed by atoms with Crippen LogP contribution in [0.3, 0.4) is 0 Å². The van der Waals surface area contributed by atoms with Gasteiger partial charge in [0.25, 0.3) is 0 Å². The van der Waals surface area contributed by atoms with Gasteiger partial charge < -0.3 is 9.64 Å². The Morgan fingerprint density at radius 1 is 1.44 bits per heavy atom. The van der Waals surface area contributed by atoms with E-state index in [1.807, 2.05) is 0 Å². The Kier molecular flexibility index (Phi) is 2.99. The fourth-order valence-electron chi connectivity index (χ4n) is 3.05. The van der Waals surface area contributed by atoms with Crippen LogP contribution in [0.25, 0.3) is 0 Å². The average molecular weight is 249 g/mol. The van der Waals surface area contributed by atoms with Crippen LogP contribution < -0.4 is 4.90 Å². The summed E-state index contributed by atoms with van der Waals surface area (Å²) in [7, 11) is 0. The number of halogens is 1. The summed E-state index contributed by atoms with van der Waals surface area (Å²) in [5, 5.41) is 0. The highest BCUT2D eigenvalue weighted by Crippen LogP contribution is 2.41. The highest BCUT2D eigenvalue weighted by molar-refractivity contribution is 5.36. The minimum Gasteiger partial charge on any atom is -0.372 e. The molecule has 96 valence electrons. The van der Waals surface area contributed by atoms with E-state index in [1.54, 1.807) is 6.08 Å². The first-order chi connectivity index (χ1) is 8.79. The van der Waals surface area contributed by atoms with Gasteiger partial charge in [0.05, 0.1) is 31.1 Å². The van der Waals surface area contributed by atoms with Gasteiger partial charge in [-0.2, -0.15) is 0 Å². The normalized spacial score (nSPS) is 29.8. The maximum atomic E-state index is 12.8. The summed E-state index contributed by atoms with van der Waals surface area (Å²) < 4.78 is 18.7. The monoisotopic (exact) mass is 249 g/mol. The lowest BCUT2D eigenvalue weighted by atomic mass is 10.1.